The molecule has 0 unspecified atom stereocenters. The van der Waals surface area contributed by atoms with Gasteiger partial charge in [-0.25, -0.2) is 14.4 Å². The van der Waals surface area contributed by atoms with Crippen LogP contribution in [-0.2, 0) is 19.1 Å². The van der Waals surface area contributed by atoms with Crippen molar-refractivity contribution in [3.05, 3.63) is 59.7 Å². The Hall–Kier alpha value is -3.74. The molecule has 1 aliphatic carbocycles. The van der Waals surface area contributed by atoms with Crippen molar-refractivity contribution in [2.24, 2.45) is 5.92 Å². The number of carbonyl (C=O) groups excluding carboxylic acids is 3. The fourth-order valence-electron chi connectivity index (χ4n) is 4.03. The van der Waals surface area contributed by atoms with E-state index in [0.717, 1.165) is 12.8 Å². The quantitative estimate of drug-likeness (QED) is 0.162. The second-order valence-corrected chi connectivity index (χ2v) is 11.5. The Morgan fingerprint density at radius 3 is 2.74 bits per heavy atom. The van der Waals surface area contributed by atoms with Crippen molar-refractivity contribution in [1.29, 1.82) is 0 Å². The van der Waals surface area contributed by atoms with Crippen LogP contribution in [0.1, 0.15) is 26.7 Å². The fourth-order valence-corrected chi connectivity index (χ4v) is 4.85. The van der Waals surface area contributed by atoms with E-state index >= 15 is 0 Å². The van der Waals surface area contributed by atoms with Crippen LogP contribution in [0.25, 0.3) is 10.9 Å². The first-order valence-electron chi connectivity index (χ1n) is 13.8. The summed E-state index contributed by atoms with van der Waals surface area (Å²) in [6.45, 7) is 4.82. The molecule has 0 radical (unpaired) electrons. The van der Waals surface area contributed by atoms with E-state index in [2.05, 4.69) is 20.6 Å². The molecule has 0 saturated heterocycles. The van der Waals surface area contributed by atoms with Crippen LogP contribution in [-0.4, -0.2) is 70.5 Å². The second-order valence-electron chi connectivity index (χ2n) is 9.87. The molecule has 0 aliphatic heterocycles. The van der Waals surface area contributed by atoms with Gasteiger partial charge in [0.1, 0.15) is 23.7 Å². The maximum atomic E-state index is 13.7. The lowest BCUT2D eigenvalue weighted by atomic mass is 10.1. The van der Waals surface area contributed by atoms with Gasteiger partial charge in [0.25, 0.3) is 0 Å². The molecule has 1 amide bonds. The maximum absolute atomic E-state index is 13.7. The van der Waals surface area contributed by atoms with Gasteiger partial charge in [0.15, 0.2) is 5.12 Å². The molecule has 10 nitrogen and oxygen atoms in total. The maximum Gasteiger partial charge on any atom is 0.320 e. The number of hydrogen-bond donors (Lipinski definition) is 2. The Morgan fingerprint density at radius 1 is 1.21 bits per heavy atom. The number of thioether (sulfide) groups is 1. The number of hydrogen-bond acceptors (Lipinski definition) is 10. The molecule has 1 heterocycles. The Bertz CT molecular complexity index is 1500. The topological polar surface area (TPSA) is 123 Å². The Morgan fingerprint density at radius 2 is 2.02 bits per heavy atom. The molecule has 3 aromatic rings. The fraction of sp³-hybridized carbons (Fsp3) is 0.367. The monoisotopic (exact) mass is 629 g/mol. The average molecular weight is 630 g/mol. The summed E-state index contributed by atoms with van der Waals surface area (Å²) in [6.07, 6.45) is 6.63. The number of esters is 1. The van der Waals surface area contributed by atoms with E-state index in [-0.39, 0.29) is 29.3 Å². The number of rotatable bonds is 15. The van der Waals surface area contributed by atoms with Crippen LogP contribution in [0.15, 0.2) is 48.8 Å². The first-order chi connectivity index (χ1) is 20.7. The normalized spacial score (nSPS) is 13.0. The number of fused-ring (bicyclic) bond motifs is 1. The lowest BCUT2D eigenvalue weighted by molar-refractivity contribution is -0.144. The summed E-state index contributed by atoms with van der Waals surface area (Å²) in [6, 6.07) is 7.72. The van der Waals surface area contributed by atoms with E-state index in [0.29, 0.717) is 65.2 Å². The lowest BCUT2D eigenvalue weighted by Crippen LogP contribution is -2.33. The molecule has 4 rings (SSSR count). The van der Waals surface area contributed by atoms with Gasteiger partial charge in [0.2, 0.25) is 5.91 Å². The van der Waals surface area contributed by atoms with Crippen molar-refractivity contribution < 1.29 is 28.2 Å². The molecule has 0 spiro atoms. The van der Waals surface area contributed by atoms with Gasteiger partial charge < -0.3 is 20.1 Å². The number of ether oxygens (including phenoxy) is 2. The van der Waals surface area contributed by atoms with Crippen molar-refractivity contribution in [2.45, 2.75) is 26.7 Å². The van der Waals surface area contributed by atoms with Crippen LogP contribution >= 0.6 is 23.4 Å². The first-order valence-corrected chi connectivity index (χ1v) is 15.2. The van der Waals surface area contributed by atoms with Crippen molar-refractivity contribution in [3.8, 4) is 5.75 Å². The SMILES string of the molecule is CCOC(=O)CN(CC=CC(=O)Nc1cc2c(Nc3ccc(F)c(Cl)c3)ncnc2cc1OCC1CC1)CCSC(C)=O. The first kappa shape index (κ1) is 32.2. The number of amides is 1. The van der Waals surface area contributed by atoms with E-state index in [9.17, 15) is 18.8 Å². The Balaban J connectivity index is 1.51. The Kier molecular flexibility index (Phi) is 11.7. The molecule has 13 heteroatoms. The third-order valence-corrected chi connectivity index (χ3v) is 7.43. The highest BCUT2D eigenvalue weighted by Gasteiger charge is 2.23. The number of aromatic nitrogens is 2. The Labute approximate surface area is 258 Å². The standard InChI is InChI=1S/C30H33ClFN5O5S/c1-3-41-29(40)16-37(11-12-43-19(2)38)10-4-5-28(39)36-26-14-22-25(15-27(26)42-17-20-6-7-20)33-18-34-30(22)35-21-8-9-24(32)23(31)13-21/h4-5,8-9,13-15,18,20H,3,6-7,10-12,16-17H2,1-2H3,(H,36,39)(H,33,34,35). The highest BCUT2D eigenvalue weighted by Crippen LogP contribution is 2.36. The van der Waals surface area contributed by atoms with Crippen LogP contribution in [0, 0.1) is 11.7 Å². The number of halogens is 2. The predicted molar refractivity (Wildman–Crippen MR) is 166 cm³/mol. The van der Waals surface area contributed by atoms with Gasteiger partial charge in [-0.2, -0.15) is 0 Å². The summed E-state index contributed by atoms with van der Waals surface area (Å²) in [7, 11) is 0. The summed E-state index contributed by atoms with van der Waals surface area (Å²) in [5.74, 6) is 0.589. The van der Waals surface area contributed by atoms with Crippen LogP contribution < -0.4 is 15.4 Å². The molecule has 228 valence electrons. The van der Waals surface area contributed by atoms with Crippen molar-refractivity contribution >= 4 is 68.5 Å². The number of carbonyl (C=O) groups is 3. The van der Waals surface area contributed by atoms with E-state index in [1.165, 1.54) is 43.2 Å². The zero-order valence-electron chi connectivity index (χ0n) is 23.9. The van der Waals surface area contributed by atoms with E-state index in [4.69, 9.17) is 21.1 Å². The average Bonchev–Trinajstić information content (AvgIpc) is 3.79. The lowest BCUT2D eigenvalue weighted by Gasteiger charge is -2.19. The zero-order chi connectivity index (χ0) is 30.8. The van der Waals surface area contributed by atoms with E-state index < -0.39 is 11.7 Å². The summed E-state index contributed by atoms with van der Waals surface area (Å²) in [5.41, 5.74) is 1.55. The van der Waals surface area contributed by atoms with Crippen LogP contribution in [0.5, 0.6) is 5.75 Å². The van der Waals surface area contributed by atoms with Gasteiger partial charge >= 0.3 is 5.97 Å². The molecule has 1 aromatic heterocycles. The minimum absolute atomic E-state index is 0.00804. The van der Waals surface area contributed by atoms with Gasteiger partial charge in [-0.1, -0.05) is 29.4 Å². The second kappa shape index (κ2) is 15.6. The molecule has 1 aliphatic rings. The van der Waals surface area contributed by atoms with E-state index in [1.54, 1.807) is 36.1 Å². The summed E-state index contributed by atoms with van der Waals surface area (Å²) in [4.78, 5) is 46.8. The molecular formula is C30H33ClFN5O5S. The molecule has 0 atom stereocenters. The summed E-state index contributed by atoms with van der Waals surface area (Å²) >= 11 is 7.11. The van der Waals surface area contributed by atoms with Crippen LogP contribution in [0.3, 0.4) is 0 Å². The van der Waals surface area contributed by atoms with Crippen molar-refractivity contribution in [3.63, 3.8) is 0 Å². The summed E-state index contributed by atoms with van der Waals surface area (Å²) in [5, 5.41) is 6.58. The molecular weight excluding hydrogens is 597 g/mol. The molecule has 2 aromatic carbocycles. The minimum atomic E-state index is -0.533. The van der Waals surface area contributed by atoms with Gasteiger partial charge in [0, 0.05) is 49.0 Å². The number of nitrogens with one attached hydrogen (secondary N) is 2. The number of benzene rings is 2. The molecule has 43 heavy (non-hydrogen) atoms. The van der Waals surface area contributed by atoms with Crippen LogP contribution in [0.2, 0.25) is 5.02 Å². The van der Waals surface area contributed by atoms with Gasteiger partial charge in [-0.05, 0) is 49.9 Å². The summed E-state index contributed by atoms with van der Waals surface area (Å²) < 4.78 is 24.8. The molecule has 1 saturated carbocycles. The highest BCUT2D eigenvalue weighted by atomic mass is 35.5. The molecule has 1 fully saturated rings. The smallest absolute Gasteiger partial charge is 0.320 e. The van der Waals surface area contributed by atoms with Gasteiger partial charge in [-0.15, -0.1) is 0 Å². The number of anilines is 3. The van der Waals surface area contributed by atoms with Crippen molar-refractivity contribution in [2.75, 3.05) is 49.2 Å². The van der Waals surface area contributed by atoms with Crippen molar-refractivity contribution in [1.82, 2.24) is 14.9 Å². The molecule has 0 bridgehead atoms. The largest absolute Gasteiger partial charge is 0.491 e. The van der Waals surface area contributed by atoms with E-state index in [1.807, 2.05) is 0 Å². The third-order valence-electron chi connectivity index (χ3n) is 6.35. The number of nitrogens with zero attached hydrogens (tertiary/aromatic N) is 3. The van der Waals surface area contributed by atoms with Gasteiger partial charge in [0.05, 0.1) is 36.0 Å². The minimum Gasteiger partial charge on any atom is -0.491 e. The molecule has 2 N–H and O–H groups in total. The van der Waals surface area contributed by atoms with Crippen LogP contribution in [0.4, 0.5) is 21.6 Å². The third kappa shape index (κ3) is 10.2. The zero-order valence-corrected chi connectivity index (χ0v) is 25.5. The highest BCUT2D eigenvalue weighted by molar-refractivity contribution is 8.13. The van der Waals surface area contributed by atoms with Gasteiger partial charge in [-0.3, -0.25) is 19.3 Å². The predicted octanol–water partition coefficient (Wildman–Crippen LogP) is 5.59.